The Morgan fingerprint density at radius 1 is 0.579 bits per heavy atom. The summed E-state index contributed by atoms with van der Waals surface area (Å²) >= 11 is 0. The first kappa shape index (κ1) is 40.5. The largest absolute Gasteiger partial charge is 0.490 e. The Kier molecular flexibility index (Phi) is 12.7. The summed E-state index contributed by atoms with van der Waals surface area (Å²) in [5, 5.41) is 38.0. The van der Waals surface area contributed by atoms with Crippen LogP contribution < -0.4 is 30.2 Å². The third-order valence-electron chi connectivity index (χ3n) is 12.1. The third kappa shape index (κ3) is 9.73. The smallest absolute Gasteiger partial charge is 0.219 e. The van der Waals surface area contributed by atoms with Crippen LogP contribution in [0.25, 0.3) is 0 Å². The van der Waals surface area contributed by atoms with Crippen LogP contribution in [0.1, 0.15) is 117 Å². The lowest BCUT2D eigenvalue weighted by Crippen LogP contribution is -2.24. The van der Waals surface area contributed by atoms with Gasteiger partial charge in [0.1, 0.15) is 30.0 Å². The van der Waals surface area contributed by atoms with Crippen LogP contribution in [0.2, 0.25) is 0 Å². The molecule has 3 aromatic rings. The van der Waals surface area contributed by atoms with Crippen molar-refractivity contribution in [3.63, 3.8) is 0 Å². The molecule has 3 aromatic carbocycles. The maximum atomic E-state index is 11.3. The molecule has 57 heavy (non-hydrogen) atoms. The Morgan fingerprint density at radius 3 is 1.39 bits per heavy atom. The van der Waals surface area contributed by atoms with Crippen molar-refractivity contribution in [1.29, 1.82) is 0 Å². The SMILES string of the molecule is CCC(=O)NC[C@@H]1CC1c1cccc2c1C[C@@H](O)O2.CCC(=O)NC[C@@H]1CC1c1cccc2c1C[C@H](O)O2.CCC(=O)NC[C@@H]1CC1c1cccc2c1[C@@H](O)CO2. The van der Waals surface area contributed by atoms with Gasteiger partial charge in [-0.1, -0.05) is 57.2 Å². The van der Waals surface area contributed by atoms with Crippen molar-refractivity contribution in [3.05, 3.63) is 88.0 Å². The molecule has 6 N–H and O–H groups in total. The Morgan fingerprint density at radius 2 is 0.965 bits per heavy atom. The van der Waals surface area contributed by atoms with Gasteiger partial charge < -0.3 is 45.5 Å². The van der Waals surface area contributed by atoms with Crippen LogP contribution >= 0.6 is 0 Å². The molecule has 0 bridgehead atoms. The molecule has 3 amide bonds. The number of rotatable bonds is 12. The van der Waals surface area contributed by atoms with E-state index in [2.05, 4.69) is 34.1 Å². The Labute approximate surface area is 334 Å². The molecule has 3 heterocycles. The number of carbonyl (C=O) groups excluding carboxylic acids is 3. The second kappa shape index (κ2) is 17.9. The topological polar surface area (TPSA) is 176 Å². The molecule has 12 heteroatoms. The molecule has 3 aliphatic carbocycles. The van der Waals surface area contributed by atoms with Crippen LogP contribution in [0.3, 0.4) is 0 Å². The van der Waals surface area contributed by atoms with Crippen LogP contribution in [-0.4, -0.2) is 71.9 Å². The summed E-state index contributed by atoms with van der Waals surface area (Å²) in [5.74, 6) is 5.77. The van der Waals surface area contributed by atoms with Gasteiger partial charge in [-0.2, -0.15) is 0 Å². The van der Waals surface area contributed by atoms with E-state index in [9.17, 15) is 29.7 Å². The molecule has 0 aromatic heterocycles. The number of carbonyl (C=O) groups is 3. The lowest BCUT2D eigenvalue weighted by Gasteiger charge is -2.09. The number of ether oxygens (including phenoxy) is 3. The molecule has 3 saturated carbocycles. The molecule has 3 unspecified atom stereocenters. The summed E-state index contributed by atoms with van der Waals surface area (Å²) in [7, 11) is 0. The predicted molar refractivity (Wildman–Crippen MR) is 213 cm³/mol. The molecule has 0 saturated heterocycles. The van der Waals surface area contributed by atoms with Crippen molar-refractivity contribution in [3.8, 4) is 17.2 Å². The van der Waals surface area contributed by atoms with Crippen LogP contribution in [0.5, 0.6) is 17.2 Å². The fraction of sp³-hybridized carbons (Fsp3) is 0.533. The zero-order chi connectivity index (χ0) is 40.2. The van der Waals surface area contributed by atoms with E-state index in [-0.39, 0.29) is 17.7 Å². The lowest BCUT2D eigenvalue weighted by atomic mass is 9.98. The number of benzene rings is 3. The van der Waals surface area contributed by atoms with Gasteiger partial charge in [0.05, 0.1) is 0 Å². The highest BCUT2D eigenvalue weighted by Crippen LogP contribution is 2.53. The summed E-state index contributed by atoms with van der Waals surface area (Å²) in [6, 6.07) is 18.0. The second-order valence-electron chi connectivity index (χ2n) is 16.1. The van der Waals surface area contributed by atoms with E-state index < -0.39 is 18.7 Å². The van der Waals surface area contributed by atoms with Gasteiger partial charge in [-0.15, -0.1) is 0 Å². The molecule has 6 aliphatic rings. The maximum Gasteiger partial charge on any atom is 0.219 e. The first-order valence-electron chi connectivity index (χ1n) is 20.7. The third-order valence-corrected chi connectivity index (χ3v) is 12.1. The molecule has 12 nitrogen and oxygen atoms in total. The molecule has 3 aliphatic heterocycles. The highest BCUT2D eigenvalue weighted by molar-refractivity contribution is 5.76. The van der Waals surface area contributed by atoms with Gasteiger partial charge in [0.2, 0.25) is 30.3 Å². The first-order chi connectivity index (χ1) is 27.6. The molecule has 0 spiro atoms. The average molecular weight is 784 g/mol. The van der Waals surface area contributed by atoms with E-state index in [4.69, 9.17) is 14.2 Å². The number of nitrogens with one attached hydrogen (secondary N) is 3. The molecule has 9 rings (SSSR count). The van der Waals surface area contributed by atoms with E-state index in [1.54, 1.807) is 0 Å². The number of amides is 3. The van der Waals surface area contributed by atoms with Crippen molar-refractivity contribution in [2.75, 3.05) is 26.2 Å². The highest BCUT2D eigenvalue weighted by Gasteiger charge is 2.43. The summed E-state index contributed by atoms with van der Waals surface area (Å²) in [4.78, 5) is 33.8. The number of hydrogen-bond acceptors (Lipinski definition) is 9. The Bertz CT molecular complexity index is 1840. The summed E-state index contributed by atoms with van der Waals surface area (Å²) in [6.07, 6.45) is 4.16. The quantitative estimate of drug-likeness (QED) is 0.150. The van der Waals surface area contributed by atoms with Crippen molar-refractivity contribution >= 4 is 17.7 Å². The molecule has 306 valence electrons. The molecule has 9 atom stereocenters. The van der Waals surface area contributed by atoms with Crippen molar-refractivity contribution in [2.24, 2.45) is 17.8 Å². The van der Waals surface area contributed by atoms with E-state index in [1.807, 2.05) is 57.2 Å². The van der Waals surface area contributed by atoms with Crippen molar-refractivity contribution in [2.45, 2.75) is 109 Å². The van der Waals surface area contributed by atoms with Gasteiger partial charge >= 0.3 is 0 Å². The van der Waals surface area contributed by atoms with Gasteiger partial charge in [-0.25, -0.2) is 0 Å². The Hall–Kier alpha value is -4.65. The zero-order valence-electron chi connectivity index (χ0n) is 33.2. The van der Waals surface area contributed by atoms with E-state index in [0.29, 0.717) is 74.2 Å². The molecular formula is C45H57N3O9. The van der Waals surface area contributed by atoms with Crippen LogP contribution in [0.15, 0.2) is 54.6 Å². The van der Waals surface area contributed by atoms with Crippen LogP contribution in [-0.2, 0) is 27.2 Å². The number of fused-ring (bicyclic) bond motifs is 3. The van der Waals surface area contributed by atoms with E-state index in [1.165, 1.54) is 16.7 Å². The van der Waals surface area contributed by atoms with Crippen LogP contribution in [0.4, 0.5) is 0 Å². The monoisotopic (exact) mass is 783 g/mol. The minimum Gasteiger partial charge on any atom is -0.490 e. The Balaban J connectivity index is 0.000000131. The van der Waals surface area contributed by atoms with Gasteiger partial charge in [0, 0.05) is 68.4 Å². The number of hydrogen-bond donors (Lipinski definition) is 6. The molecular weight excluding hydrogens is 727 g/mol. The first-order valence-corrected chi connectivity index (χ1v) is 20.7. The normalized spacial score (nSPS) is 27.6. The van der Waals surface area contributed by atoms with Gasteiger partial charge in [0.15, 0.2) is 0 Å². The number of aliphatic hydroxyl groups excluding tert-OH is 3. The second-order valence-corrected chi connectivity index (χ2v) is 16.1. The lowest BCUT2D eigenvalue weighted by molar-refractivity contribution is -0.121. The van der Waals surface area contributed by atoms with Gasteiger partial charge in [-0.05, 0) is 89.7 Å². The average Bonchev–Trinajstić information content (AvgIpc) is 4.17. The fourth-order valence-electron chi connectivity index (χ4n) is 8.53. The molecule has 0 radical (unpaired) electrons. The standard InChI is InChI=1S/3C15H19NO3/c2*1-2-14(17)16-8-9-6-11(9)10-4-3-5-13-12(10)7-15(18)19-13;1-2-14(18)16-7-9-6-11(9)10-4-3-5-13-15(10)12(17)8-19-13/h2*3-5,9,11,15,18H,2,6-8H2,1H3,(H,16,17);3-5,9,11-12,17H,2,6-8H2,1H3,(H,16,18)/t9-,11?,15+;9-,11?,15-;9-,11?,12-/m000/s1. The van der Waals surface area contributed by atoms with Crippen LogP contribution in [0, 0.1) is 17.8 Å². The van der Waals surface area contributed by atoms with Crippen molar-refractivity contribution < 1.29 is 43.9 Å². The summed E-state index contributed by atoms with van der Waals surface area (Å²) in [6.45, 7) is 8.19. The zero-order valence-corrected chi connectivity index (χ0v) is 33.2. The maximum absolute atomic E-state index is 11.3. The highest BCUT2D eigenvalue weighted by atomic mass is 16.6. The number of aliphatic hydroxyl groups is 3. The minimum absolute atomic E-state index is 0.104. The predicted octanol–water partition coefficient (Wildman–Crippen LogP) is 4.88. The van der Waals surface area contributed by atoms with Gasteiger partial charge in [-0.3, -0.25) is 14.4 Å². The summed E-state index contributed by atoms with van der Waals surface area (Å²) in [5.41, 5.74) is 7.00. The minimum atomic E-state index is -0.701. The van der Waals surface area contributed by atoms with E-state index in [0.717, 1.165) is 72.8 Å². The summed E-state index contributed by atoms with van der Waals surface area (Å²) < 4.78 is 16.2. The van der Waals surface area contributed by atoms with E-state index >= 15 is 0 Å². The van der Waals surface area contributed by atoms with Crippen molar-refractivity contribution in [1.82, 2.24) is 16.0 Å². The van der Waals surface area contributed by atoms with Gasteiger partial charge in [0.25, 0.3) is 0 Å². The molecule has 3 fully saturated rings. The fourth-order valence-corrected chi connectivity index (χ4v) is 8.53.